The van der Waals surface area contributed by atoms with E-state index >= 15 is 0 Å². The number of rotatable bonds is 7. The summed E-state index contributed by atoms with van der Waals surface area (Å²) in [6.45, 7) is 6.73. The van der Waals surface area contributed by atoms with Crippen LogP contribution in [0.2, 0.25) is 5.02 Å². The molecule has 0 saturated heterocycles. The van der Waals surface area contributed by atoms with Crippen molar-refractivity contribution in [3.05, 3.63) is 114 Å². The van der Waals surface area contributed by atoms with E-state index in [1.165, 1.54) is 18.4 Å². The number of furan rings is 1. The number of esters is 1. The Morgan fingerprint density at radius 2 is 1.76 bits per heavy atom. The third-order valence-electron chi connectivity index (χ3n) is 6.98. The summed E-state index contributed by atoms with van der Waals surface area (Å²) >= 11 is 7.41. The number of thiazole rings is 1. The maximum atomic E-state index is 13.9. The molecular formula is C31H28ClN3O5S. The number of aromatic nitrogens is 1. The van der Waals surface area contributed by atoms with Gasteiger partial charge in [0.15, 0.2) is 4.80 Å². The molecule has 3 heterocycles. The number of hydrogen-bond acceptors (Lipinski definition) is 7. The van der Waals surface area contributed by atoms with Crippen molar-refractivity contribution >= 4 is 40.9 Å². The van der Waals surface area contributed by atoms with Gasteiger partial charge in [-0.1, -0.05) is 47.2 Å². The largest absolute Gasteiger partial charge is 0.465 e. The fourth-order valence-corrected chi connectivity index (χ4v) is 5.99. The van der Waals surface area contributed by atoms with Gasteiger partial charge >= 0.3 is 5.97 Å². The number of fused-ring (bicyclic) bond motifs is 1. The lowest BCUT2D eigenvalue weighted by Crippen LogP contribution is -2.43. The van der Waals surface area contributed by atoms with E-state index in [-0.39, 0.29) is 11.5 Å². The Balaban J connectivity index is 1.58. The van der Waals surface area contributed by atoms with Crippen molar-refractivity contribution in [2.24, 2.45) is 4.99 Å². The van der Waals surface area contributed by atoms with Crippen molar-refractivity contribution < 1.29 is 18.7 Å². The number of amides is 1. The summed E-state index contributed by atoms with van der Waals surface area (Å²) in [5, 5.41) is 0.562. The van der Waals surface area contributed by atoms with Gasteiger partial charge in [0.2, 0.25) is 0 Å². The molecular weight excluding hydrogens is 562 g/mol. The number of carbonyl (C=O) groups excluding carboxylic acids is 2. The average Bonchev–Trinajstić information content (AvgIpc) is 3.57. The number of benzene rings is 2. The molecule has 210 valence electrons. The first-order valence-electron chi connectivity index (χ1n) is 13.1. The third kappa shape index (κ3) is 5.42. The molecule has 0 unspecified atom stereocenters. The van der Waals surface area contributed by atoms with Crippen molar-refractivity contribution in [2.45, 2.75) is 26.8 Å². The highest BCUT2D eigenvalue weighted by Crippen LogP contribution is 2.32. The maximum Gasteiger partial charge on any atom is 0.337 e. The lowest BCUT2D eigenvalue weighted by Gasteiger charge is -2.29. The summed E-state index contributed by atoms with van der Waals surface area (Å²) in [4.78, 5) is 46.2. The second kappa shape index (κ2) is 11.7. The molecule has 0 radical (unpaired) electrons. The van der Waals surface area contributed by atoms with Gasteiger partial charge < -0.3 is 14.1 Å². The average molecular weight is 590 g/mol. The minimum absolute atomic E-state index is 0.153. The molecule has 2 aromatic heterocycles. The number of ether oxygens (including phenoxy) is 1. The highest BCUT2D eigenvalue weighted by molar-refractivity contribution is 7.07. The van der Waals surface area contributed by atoms with Crippen LogP contribution in [-0.4, -0.2) is 41.5 Å². The van der Waals surface area contributed by atoms with Crippen LogP contribution in [0.4, 0.5) is 0 Å². The third-order valence-corrected chi connectivity index (χ3v) is 8.21. The molecule has 0 saturated carbocycles. The van der Waals surface area contributed by atoms with Crippen LogP contribution in [-0.2, 0) is 9.53 Å². The van der Waals surface area contributed by atoms with Gasteiger partial charge in [0.05, 0.1) is 34.5 Å². The highest BCUT2D eigenvalue weighted by atomic mass is 35.5. The molecule has 8 nitrogen and oxygen atoms in total. The van der Waals surface area contributed by atoms with Crippen LogP contribution in [0.5, 0.6) is 0 Å². The lowest BCUT2D eigenvalue weighted by atomic mass is 9.94. The van der Waals surface area contributed by atoms with Gasteiger partial charge in [-0.2, -0.15) is 0 Å². The molecule has 0 fully saturated rings. The molecule has 1 atom stereocenters. The Kier molecular flexibility index (Phi) is 8.10. The molecule has 0 aliphatic carbocycles. The first-order chi connectivity index (χ1) is 19.7. The molecule has 0 N–H and O–H groups in total. The van der Waals surface area contributed by atoms with Crippen LogP contribution in [0, 0.1) is 0 Å². The van der Waals surface area contributed by atoms with Crippen molar-refractivity contribution in [1.29, 1.82) is 0 Å². The Bertz CT molecular complexity index is 1830. The van der Waals surface area contributed by atoms with Crippen molar-refractivity contribution in [2.75, 3.05) is 20.2 Å². The van der Waals surface area contributed by atoms with Crippen LogP contribution in [0.1, 0.15) is 48.5 Å². The second-order valence-electron chi connectivity index (χ2n) is 9.38. The number of nitrogens with zero attached hydrogens (tertiary/aromatic N) is 3. The Morgan fingerprint density at radius 1 is 1.07 bits per heavy atom. The van der Waals surface area contributed by atoms with E-state index in [2.05, 4.69) is 0 Å². The molecule has 1 amide bonds. The topological polar surface area (TPSA) is 94.1 Å². The normalized spacial score (nSPS) is 15.0. The van der Waals surface area contributed by atoms with E-state index < -0.39 is 12.0 Å². The predicted octanol–water partition coefficient (Wildman–Crippen LogP) is 4.80. The van der Waals surface area contributed by atoms with E-state index in [1.807, 2.05) is 26.0 Å². The van der Waals surface area contributed by atoms with Crippen LogP contribution in [0.25, 0.3) is 17.4 Å². The molecule has 41 heavy (non-hydrogen) atoms. The fraction of sp³-hybridized carbons (Fsp3) is 0.226. The molecule has 4 aromatic rings. The minimum atomic E-state index is -0.653. The summed E-state index contributed by atoms with van der Waals surface area (Å²) in [6.07, 6.45) is 1.68. The second-order valence-corrected chi connectivity index (χ2v) is 10.8. The van der Waals surface area contributed by atoms with Crippen LogP contribution in [0.15, 0.2) is 86.1 Å². The molecule has 1 aliphatic rings. The first-order valence-corrected chi connectivity index (χ1v) is 14.3. The SMILES string of the molecule is CCN(CC)C(=O)C1=C(C)N=c2s/c(=C/c3ccc(-c4ccc(C(=O)OC)cc4)o3)c(=O)n2[C@H]1c1ccc(Cl)cc1. The standard InChI is InChI=1S/C31H28ClN3O5S/c1-5-34(6-2)29(37)26-18(3)33-31-35(27(26)20-11-13-22(32)14-12-20)28(36)25(41-31)17-23-15-16-24(40-23)19-7-9-21(10-8-19)30(38)39-4/h7-17,27H,5-6H2,1-4H3/b25-17+/t27-/m0/s1. The van der Waals surface area contributed by atoms with Gasteiger partial charge in [0, 0.05) is 29.8 Å². The highest BCUT2D eigenvalue weighted by Gasteiger charge is 2.34. The van der Waals surface area contributed by atoms with E-state index in [1.54, 1.807) is 71.0 Å². The number of halogens is 1. The zero-order valence-electron chi connectivity index (χ0n) is 23.0. The van der Waals surface area contributed by atoms with Crippen molar-refractivity contribution in [3.63, 3.8) is 0 Å². The van der Waals surface area contributed by atoms with E-state index in [4.69, 9.17) is 25.7 Å². The Morgan fingerprint density at radius 3 is 2.39 bits per heavy atom. The van der Waals surface area contributed by atoms with Gasteiger partial charge in [0.25, 0.3) is 11.5 Å². The van der Waals surface area contributed by atoms with Crippen molar-refractivity contribution in [3.8, 4) is 11.3 Å². The monoisotopic (exact) mass is 589 g/mol. The van der Waals surface area contributed by atoms with E-state index in [0.717, 1.165) is 11.1 Å². The van der Waals surface area contributed by atoms with E-state index in [9.17, 15) is 14.4 Å². The minimum Gasteiger partial charge on any atom is -0.465 e. The van der Waals surface area contributed by atoms with Crippen LogP contribution < -0.4 is 14.9 Å². The fourth-order valence-electron chi connectivity index (χ4n) is 4.84. The number of allylic oxidation sites excluding steroid dienone is 1. The lowest BCUT2D eigenvalue weighted by molar-refractivity contribution is -0.127. The van der Waals surface area contributed by atoms with Crippen LogP contribution >= 0.6 is 22.9 Å². The van der Waals surface area contributed by atoms with Gasteiger partial charge in [-0.3, -0.25) is 14.2 Å². The van der Waals surface area contributed by atoms with Crippen LogP contribution in [0.3, 0.4) is 0 Å². The van der Waals surface area contributed by atoms with Crippen molar-refractivity contribution in [1.82, 2.24) is 9.47 Å². The number of hydrogen-bond donors (Lipinski definition) is 0. The molecule has 1 aliphatic heterocycles. The zero-order valence-corrected chi connectivity index (χ0v) is 24.6. The number of likely N-dealkylation sites (N-methyl/N-ethyl adjacent to an activating group) is 1. The quantitative estimate of drug-likeness (QED) is 0.289. The smallest absolute Gasteiger partial charge is 0.337 e. The molecule has 2 aromatic carbocycles. The summed E-state index contributed by atoms with van der Waals surface area (Å²) in [7, 11) is 1.34. The summed E-state index contributed by atoms with van der Waals surface area (Å²) in [5.41, 5.74) is 2.75. The first kappa shape index (κ1) is 28.3. The summed E-state index contributed by atoms with van der Waals surface area (Å²) in [5.74, 6) is 0.503. The Hall–Kier alpha value is -4.21. The summed E-state index contributed by atoms with van der Waals surface area (Å²) < 4.78 is 12.8. The molecule has 0 bridgehead atoms. The molecule has 0 spiro atoms. The van der Waals surface area contributed by atoms with Gasteiger partial charge in [-0.25, -0.2) is 9.79 Å². The predicted molar refractivity (Wildman–Crippen MR) is 159 cm³/mol. The maximum absolute atomic E-state index is 13.9. The van der Waals surface area contributed by atoms with Gasteiger partial charge in [0.1, 0.15) is 11.5 Å². The van der Waals surface area contributed by atoms with Gasteiger partial charge in [-0.15, -0.1) is 0 Å². The molecule has 10 heteroatoms. The number of carbonyl (C=O) groups is 2. The van der Waals surface area contributed by atoms with E-state index in [0.29, 0.717) is 55.8 Å². The molecule has 5 rings (SSSR count). The number of methoxy groups -OCH3 is 1. The van der Waals surface area contributed by atoms with Gasteiger partial charge in [-0.05, 0) is 62.7 Å². The summed E-state index contributed by atoms with van der Waals surface area (Å²) in [6, 6.07) is 17.0. The Labute approximate surface area is 245 Å². The zero-order chi connectivity index (χ0) is 29.3.